The van der Waals surface area contributed by atoms with Crippen LogP contribution in [0.3, 0.4) is 0 Å². The molecule has 1 fully saturated rings. The van der Waals surface area contributed by atoms with Gasteiger partial charge in [-0.15, -0.1) is 0 Å². The molecule has 2 aliphatic rings. The molecule has 1 N–H and O–H groups in total. The van der Waals surface area contributed by atoms with Crippen LogP contribution in [-0.4, -0.2) is 41.6 Å². The average molecular weight is 466 g/mol. The molecule has 178 valence electrons. The van der Waals surface area contributed by atoms with Gasteiger partial charge < -0.3 is 19.5 Å². The molecule has 0 unspecified atom stereocenters. The summed E-state index contributed by atoms with van der Waals surface area (Å²) in [4.78, 5) is 38.7. The summed E-state index contributed by atoms with van der Waals surface area (Å²) < 4.78 is 19.1. The van der Waals surface area contributed by atoms with Crippen LogP contribution >= 0.6 is 0 Å². The maximum absolute atomic E-state index is 13.1. The van der Waals surface area contributed by atoms with Crippen LogP contribution in [0.25, 0.3) is 10.9 Å². The SMILES string of the molecule is CCn1c(=O)c2ccccc2n(CC(=O)NCC2(c3ccc4c(c3)OCO4)CCOCC2)c1=O. The van der Waals surface area contributed by atoms with Gasteiger partial charge in [0, 0.05) is 31.7 Å². The fourth-order valence-corrected chi connectivity index (χ4v) is 4.83. The molecular formula is C25H27N3O6. The van der Waals surface area contributed by atoms with Crippen LogP contribution in [0.15, 0.2) is 52.1 Å². The van der Waals surface area contributed by atoms with Gasteiger partial charge in [0.2, 0.25) is 12.7 Å². The van der Waals surface area contributed by atoms with E-state index in [0.717, 1.165) is 23.0 Å². The highest BCUT2D eigenvalue weighted by atomic mass is 16.7. The lowest BCUT2D eigenvalue weighted by molar-refractivity contribution is -0.122. The number of carbonyl (C=O) groups is 1. The van der Waals surface area contributed by atoms with Crippen molar-refractivity contribution in [2.75, 3.05) is 26.6 Å². The molecule has 1 aromatic heterocycles. The van der Waals surface area contributed by atoms with E-state index >= 15 is 0 Å². The minimum Gasteiger partial charge on any atom is -0.454 e. The van der Waals surface area contributed by atoms with E-state index in [1.165, 1.54) is 4.57 Å². The van der Waals surface area contributed by atoms with Gasteiger partial charge in [-0.25, -0.2) is 4.79 Å². The third-order valence-corrected chi connectivity index (χ3v) is 6.81. The standard InChI is InChI=1S/C25H27N3O6/c1-2-27-23(30)18-5-3-4-6-19(18)28(24(27)31)14-22(29)26-15-25(9-11-32-12-10-25)17-7-8-20-21(13-17)34-16-33-20/h3-8,13H,2,9-12,14-16H2,1H3,(H,26,29). The van der Waals surface area contributed by atoms with Gasteiger partial charge in [-0.3, -0.25) is 18.7 Å². The molecule has 9 heteroatoms. The number of benzene rings is 2. The smallest absolute Gasteiger partial charge is 0.331 e. The lowest BCUT2D eigenvalue weighted by Gasteiger charge is -2.38. The first kappa shape index (κ1) is 22.2. The molecule has 2 aromatic carbocycles. The molecule has 34 heavy (non-hydrogen) atoms. The first-order valence-electron chi connectivity index (χ1n) is 11.5. The van der Waals surface area contributed by atoms with Gasteiger partial charge >= 0.3 is 5.69 Å². The molecule has 0 spiro atoms. The molecule has 1 saturated heterocycles. The van der Waals surface area contributed by atoms with E-state index in [9.17, 15) is 14.4 Å². The Morgan fingerprint density at radius 3 is 2.59 bits per heavy atom. The topological polar surface area (TPSA) is 101 Å². The average Bonchev–Trinajstić information content (AvgIpc) is 3.34. The number of hydrogen-bond donors (Lipinski definition) is 1. The molecule has 9 nitrogen and oxygen atoms in total. The number of rotatable bonds is 6. The summed E-state index contributed by atoms with van der Waals surface area (Å²) in [5.41, 5.74) is 0.363. The van der Waals surface area contributed by atoms with Crippen molar-refractivity contribution in [3.8, 4) is 11.5 Å². The Morgan fingerprint density at radius 1 is 1.03 bits per heavy atom. The van der Waals surface area contributed by atoms with Crippen LogP contribution in [-0.2, 0) is 28.0 Å². The molecule has 1 amide bonds. The van der Waals surface area contributed by atoms with Crippen molar-refractivity contribution in [2.24, 2.45) is 0 Å². The van der Waals surface area contributed by atoms with Crippen molar-refractivity contribution in [3.05, 3.63) is 68.9 Å². The fraction of sp³-hybridized carbons (Fsp3) is 0.400. The van der Waals surface area contributed by atoms with Crippen molar-refractivity contribution in [1.29, 1.82) is 0 Å². The summed E-state index contributed by atoms with van der Waals surface area (Å²) in [6.45, 7) is 3.59. The van der Waals surface area contributed by atoms with Crippen LogP contribution < -0.4 is 26.0 Å². The summed E-state index contributed by atoms with van der Waals surface area (Å²) in [7, 11) is 0. The van der Waals surface area contributed by atoms with E-state index in [-0.39, 0.29) is 36.8 Å². The number of para-hydroxylation sites is 1. The second-order valence-corrected chi connectivity index (χ2v) is 8.67. The maximum atomic E-state index is 13.1. The third-order valence-electron chi connectivity index (χ3n) is 6.81. The van der Waals surface area contributed by atoms with Crippen molar-refractivity contribution in [2.45, 2.75) is 38.3 Å². The van der Waals surface area contributed by atoms with Crippen LogP contribution in [0, 0.1) is 0 Å². The van der Waals surface area contributed by atoms with Gasteiger partial charge in [0.25, 0.3) is 5.56 Å². The van der Waals surface area contributed by atoms with Crippen molar-refractivity contribution >= 4 is 16.8 Å². The molecule has 3 heterocycles. The highest BCUT2D eigenvalue weighted by Crippen LogP contribution is 2.40. The van der Waals surface area contributed by atoms with E-state index in [1.807, 2.05) is 18.2 Å². The molecule has 3 aromatic rings. The molecule has 5 rings (SSSR count). The Hall–Kier alpha value is -3.59. The largest absolute Gasteiger partial charge is 0.454 e. The van der Waals surface area contributed by atoms with Crippen LogP contribution in [0.2, 0.25) is 0 Å². The van der Waals surface area contributed by atoms with E-state index in [2.05, 4.69) is 5.32 Å². The summed E-state index contributed by atoms with van der Waals surface area (Å²) in [5.74, 6) is 1.13. The molecule has 0 radical (unpaired) electrons. The highest BCUT2D eigenvalue weighted by Gasteiger charge is 2.36. The molecular weight excluding hydrogens is 438 g/mol. The summed E-state index contributed by atoms with van der Waals surface area (Å²) in [5, 5.41) is 3.45. The molecule has 0 atom stereocenters. The summed E-state index contributed by atoms with van der Waals surface area (Å²) >= 11 is 0. The van der Waals surface area contributed by atoms with Gasteiger partial charge in [-0.2, -0.15) is 0 Å². The quantitative estimate of drug-likeness (QED) is 0.596. The molecule has 0 saturated carbocycles. The second kappa shape index (κ2) is 8.98. The van der Waals surface area contributed by atoms with Gasteiger partial charge in [-0.1, -0.05) is 18.2 Å². The van der Waals surface area contributed by atoms with Crippen molar-refractivity contribution < 1.29 is 19.0 Å². The number of nitrogens with zero attached hydrogens (tertiary/aromatic N) is 2. The molecule has 0 bridgehead atoms. The first-order chi connectivity index (χ1) is 16.5. The lowest BCUT2D eigenvalue weighted by Crippen LogP contribution is -2.47. The van der Waals surface area contributed by atoms with E-state index in [1.54, 1.807) is 31.2 Å². The summed E-state index contributed by atoms with van der Waals surface area (Å²) in [6, 6.07) is 12.8. The Balaban J connectivity index is 1.41. The van der Waals surface area contributed by atoms with Gasteiger partial charge in [0.05, 0.1) is 10.9 Å². The number of nitrogens with one attached hydrogen (secondary N) is 1. The Morgan fingerprint density at radius 2 is 1.79 bits per heavy atom. The second-order valence-electron chi connectivity index (χ2n) is 8.67. The van der Waals surface area contributed by atoms with E-state index < -0.39 is 5.69 Å². The maximum Gasteiger partial charge on any atom is 0.331 e. The number of ether oxygens (including phenoxy) is 3. The Kier molecular flexibility index (Phi) is 5.87. The van der Waals surface area contributed by atoms with Crippen LogP contribution in [0.5, 0.6) is 11.5 Å². The van der Waals surface area contributed by atoms with Gasteiger partial charge in [-0.05, 0) is 49.6 Å². The summed E-state index contributed by atoms with van der Waals surface area (Å²) in [6.07, 6.45) is 1.49. The Bertz CT molecular complexity index is 1350. The number of hydrogen-bond acceptors (Lipinski definition) is 6. The van der Waals surface area contributed by atoms with E-state index in [4.69, 9.17) is 14.2 Å². The van der Waals surface area contributed by atoms with Crippen molar-refractivity contribution in [3.63, 3.8) is 0 Å². The lowest BCUT2D eigenvalue weighted by atomic mass is 9.74. The molecule has 0 aliphatic carbocycles. The minimum absolute atomic E-state index is 0.173. The first-order valence-corrected chi connectivity index (χ1v) is 11.5. The van der Waals surface area contributed by atoms with Crippen LogP contribution in [0.4, 0.5) is 0 Å². The zero-order valence-electron chi connectivity index (χ0n) is 19.0. The third kappa shape index (κ3) is 3.86. The van der Waals surface area contributed by atoms with Crippen molar-refractivity contribution in [1.82, 2.24) is 14.5 Å². The number of aromatic nitrogens is 2. The minimum atomic E-state index is -0.488. The predicted octanol–water partition coefficient (Wildman–Crippen LogP) is 1.78. The Labute approximate surface area is 195 Å². The van der Waals surface area contributed by atoms with Gasteiger partial charge in [0.15, 0.2) is 11.5 Å². The monoisotopic (exact) mass is 465 g/mol. The fourth-order valence-electron chi connectivity index (χ4n) is 4.83. The van der Waals surface area contributed by atoms with Crippen LogP contribution in [0.1, 0.15) is 25.3 Å². The highest BCUT2D eigenvalue weighted by molar-refractivity contribution is 5.81. The predicted molar refractivity (Wildman–Crippen MR) is 125 cm³/mol. The number of carbonyl (C=O) groups excluding carboxylic acids is 1. The normalized spacial score (nSPS) is 16.5. The van der Waals surface area contributed by atoms with E-state index in [0.29, 0.717) is 42.2 Å². The molecule has 2 aliphatic heterocycles. The van der Waals surface area contributed by atoms with Gasteiger partial charge in [0.1, 0.15) is 6.54 Å². The zero-order valence-corrected chi connectivity index (χ0v) is 19.0. The zero-order chi connectivity index (χ0) is 23.7. The number of amides is 1. The number of fused-ring (bicyclic) bond motifs is 2.